The topological polar surface area (TPSA) is 86.6 Å². The van der Waals surface area contributed by atoms with E-state index >= 15 is 0 Å². The van der Waals surface area contributed by atoms with Gasteiger partial charge in [-0.15, -0.1) is 0 Å². The summed E-state index contributed by atoms with van der Waals surface area (Å²) in [6.45, 7) is 3.00. The Morgan fingerprint density at radius 2 is 1.97 bits per heavy atom. The first-order valence-electron chi connectivity index (χ1n) is 9.94. The van der Waals surface area contributed by atoms with E-state index in [2.05, 4.69) is 10.3 Å². The number of H-pyrrole nitrogens is 1. The fourth-order valence-corrected chi connectivity index (χ4v) is 3.66. The average Bonchev–Trinajstić information content (AvgIpc) is 3.46. The van der Waals surface area contributed by atoms with Crippen molar-refractivity contribution in [3.8, 4) is 11.3 Å². The number of aromatic amines is 1. The van der Waals surface area contributed by atoms with Crippen LogP contribution in [0.2, 0.25) is 0 Å². The molecule has 4 rings (SSSR count). The van der Waals surface area contributed by atoms with Gasteiger partial charge in [-0.3, -0.25) is 9.59 Å². The van der Waals surface area contributed by atoms with Crippen LogP contribution < -0.4 is 10.9 Å². The second-order valence-corrected chi connectivity index (χ2v) is 8.05. The SMILES string of the molecule is Cc1ccc(-c2cn3cc(C(=O)NCC(O)C(F)(F)F)c(C4CC4)c3c(=O)[nH]2)cc1C. The number of aliphatic hydroxyl groups excluding tert-OH is 1. The van der Waals surface area contributed by atoms with Crippen molar-refractivity contribution in [2.24, 2.45) is 0 Å². The molecule has 9 heteroatoms. The molecule has 0 aliphatic heterocycles. The van der Waals surface area contributed by atoms with Crippen molar-refractivity contribution in [2.45, 2.75) is 44.9 Å². The highest BCUT2D eigenvalue weighted by atomic mass is 19.4. The third-order valence-electron chi connectivity index (χ3n) is 5.69. The Bertz CT molecular complexity index is 1220. The van der Waals surface area contributed by atoms with Crippen molar-refractivity contribution < 1.29 is 23.1 Å². The highest BCUT2D eigenvalue weighted by Gasteiger charge is 2.39. The number of alkyl halides is 3. The summed E-state index contributed by atoms with van der Waals surface area (Å²) in [7, 11) is 0. The van der Waals surface area contributed by atoms with Crippen LogP contribution in [0.1, 0.15) is 45.8 Å². The molecule has 0 saturated heterocycles. The van der Waals surface area contributed by atoms with E-state index in [0.717, 1.165) is 29.5 Å². The predicted molar refractivity (Wildman–Crippen MR) is 109 cm³/mol. The number of nitrogens with one attached hydrogen (secondary N) is 2. The van der Waals surface area contributed by atoms with Crippen LogP contribution in [0.5, 0.6) is 0 Å². The minimum absolute atomic E-state index is 0.00635. The second kappa shape index (κ2) is 7.56. The summed E-state index contributed by atoms with van der Waals surface area (Å²) in [4.78, 5) is 28.4. The number of halogens is 3. The summed E-state index contributed by atoms with van der Waals surface area (Å²) < 4.78 is 39.2. The van der Waals surface area contributed by atoms with Crippen molar-refractivity contribution in [2.75, 3.05) is 6.54 Å². The number of carbonyl (C=O) groups excluding carboxylic acids is 1. The van der Waals surface area contributed by atoms with Gasteiger partial charge in [-0.05, 0) is 60.9 Å². The van der Waals surface area contributed by atoms with Crippen LogP contribution >= 0.6 is 0 Å². The molecular weight excluding hydrogens is 411 g/mol. The fraction of sp³-hybridized carbons (Fsp3) is 0.364. The van der Waals surface area contributed by atoms with Crippen molar-refractivity contribution >= 4 is 11.4 Å². The molecule has 2 aromatic heterocycles. The lowest BCUT2D eigenvalue weighted by Gasteiger charge is -2.15. The Morgan fingerprint density at radius 1 is 1.26 bits per heavy atom. The first-order chi connectivity index (χ1) is 14.6. The van der Waals surface area contributed by atoms with Gasteiger partial charge < -0.3 is 19.8 Å². The van der Waals surface area contributed by atoms with E-state index in [1.165, 1.54) is 6.20 Å². The summed E-state index contributed by atoms with van der Waals surface area (Å²) in [5.41, 5.74) is 4.19. The number of fused-ring (bicyclic) bond motifs is 1. The molecule has 1 amide bonds. The Balaban J connectivity index is 1.74. The van der Waals surface area contributed by atoms with E-state index in [1.807, 2.05) is 32.0 Å². The van der Waals surface area contributed by atoms with E-state index in [1.54, 1.807) is 10.6 Å². The van der Waals surface area contributed by atoms with Crippen molar-refractivity contribution in [3.05, 3.63) is 63.2 Å². The predicted octanol–water partition coefficient (Wildman–Crippen LogP) is 3.44. The zero-order chi connectivity index (χ0) is 22.5. The molecule has 1 fully saturated rings. The minimum Gasteiger partial charge on any atom is -0.382 e. The molecule has 1 aromatic carbocycles. The van der Waals surface area contributed by atoms with Crippen LogP contribution in [-0.2, 0) is 0 Å². The van der Waals surface area contributed by atoms with E-state index in [-0.39, 0.29) is 17.0 Å². The number of aryl methyl sites for hydroxylation is 2. The highest BCUT2D eigenvalue weighted by molar-refractivity contribution is 5.98. The van der Waals surface area contributed by atoms with Gasteiger partial charge in [0.1, 0.15) is 5.52 Å². The van der Waals surface area contributed by atoms with Crippen LogP contribution in [0.3, 0.4) is 0 Å². The van der Waals surface area contributed by atoms with Crippen LogP contribution in [0.15, 0.2) is 35.4 Å². The monoisotopic (exact) mass is 433 g/mol. The number of aliphatic hydroxyl groups is 1. The van der Waals surface area contributed by atoms with E-state index in [9.17, 15) is 22.8 Å². The third-order valence-corrected chi connectivity index (χ3v) is 5.69. The van der Waals surface area contributed by atoms with Crippen molar-refractivity contribution in [1.29, 1.82) is 0 Å². The van der Waals surface area contributed by atoms with Crippen molar-refractivity contribution in [1.82, 2.24) is 14.7 Å². The number of rotatable bonds is 5. The summed E-state index contributed by atoms with van der Waals surface area (Å²) in [6, 6.07) is 5.78. The molecule has 3 N–H and O–H groups in total. The van der Waals surface area contributed by atoms with Crippen LogP contribution in [-0.4, -0.2) is 39.2 Å². The second-order valence-electron chi connectivity index (χ2n) is 8.05. The minimum atomic E-state index is -4.82. The summed E-state index contributed by atoms with van der Waals surface area (Å²) >= 11 is 0. The number of nitrogens with zero attached hydrogens (tertiary/aromatic N) is 1. The van der Waals surface area contributed by atoms with Gasteiger partial charge in [0.2, 0.25) is 0 Å². The zero-order valence-electron chi connectivity index (χ0n) is 17.0. The smallest absolute Gasteiger partial charge is 0.382 e. The maximum absolute atomic E-state index is 12.9. The van der Waals surface area contributed by atoms with Crippen molar-refractivity contribution in [3.63, 3.8) is 0 Å². The van der Waals surface area contributed by atoms with Gasteiger partial charge in [-0.2, -0.15) is 13.2 Å². The molecular formula is C22H22F3N3O3. The van der Waals surface area contributed by atoms with Gasteiger partial charge in [-0.25, -0.2) is 0 Å². The number of hydrogen-bond acceptors (Lipinski definition) is 3. The number of hydrogen-bond donors (Lipinski definition) is 3. The first kappa shape index (κ1) is 21.2. The molecule has 1 aliphatic carbocycles. The molecule has 164 valence electrons. The van der Waals surface area contributed by atoms with Crippen LogP contribution in [0, 0.1) is 13.8 Å². The number of amides is 1. The van der Waals surface area contributed by atoms with Gasteiger partial charge >= 0.3 is 6.18 Å². The zero-order valence-corrected chi connectivity index (χ0v) is 17.0. The Labute approximate surface area is 175 Å². The number of benzene rings is 1. The van der Waals surface area contributed by atoms with Gasteiger partial charge in [0.15, 0.2) is 6.10 Å². The summed E-state index contributed by atoms with van der Waals surface area (Å²) in [5.74, 6) is -0.743. The molecule has 1 saturated carbocycles. The van der Waals surface area contributed by atoms with E-state index < -0.39 is 24.7 Å². The van der Waals surface area contributed by atoms with Gasteiger partial charge in [-0.1, -0.05) is 12.1 Å². The molecule has 0 spiro atoms. The van der Waals surface area contributed by atoms with Crippen LogP contribution in [0.4, 0.5) is 13.2 Å². The fourth-order valence-electron chi connectivity index (χ4n) is 3.66. The summed E-state index contributed by atoms with van der Waals surface area (Å²) in [5, 5.41) is 11.3. The van der Waals surface area contributed by atoms with E-state index in [4.69, 9.17) is 5.11 Å². The number of carbonyl (C=O) groups is 1. The molecule has 1 unspecified atom stereocenters. The maximum atomic E-state index is 12.9. The number of aromatic nitrogens is 2. The maximum Gasteiger partial charge on any atom is 0.416 e. The Morgan fingerprint density at radius 3 is 2.58 bits per heavy atom. The summed E-state index contributed by atoms with van der Waals surface area (Å²) in [6.07, 6.45) is -2.72. The lowest BCUT2D eigenvalue weighted by molar-refractivity contribution is -0.201. The Kier molecular flexibility index (Phi) is 5.17. The molecule has 31 heavy (non-hydrogen) atoms. The van der Waals surface area contributed by atoms with Gasteiger partial charge in [0.05, 0.1) is 17.8 Å². The molecule has 6 nitrogen and oxygen atoms in total. The molecule has 0 bridgehead atoms. The van der Waals surface area contributed by atoms with Gasteiger partial charge in [0.25, 0.3) is 11.5 Å². The van der Waals surface area contributed by atoms with E-state index in [0.29, 0.717) is 16.8 Å². The first-order valence-corrected chi connectivity index (χ1v) is 9.94. The molecule has 1 atom stereocenters. The quantitative estimate of drug-likeness (QED) is 0.576. The average molecular weight is 433 g/mol. The lowest BCUT2D eigenvalue weighted by atomic mass is 10.0. The normalized spacial score (nSPS) is 15.3. The standard InChI is InChI=1S/C22H22F3N3O3/c1-11-3-4-14(7-12(11)2)16-10-28-9-15(20(30)26-8-17(29)22(23,24)25)18(13-5-6-13)19(28)21(31)27-16/h3-4,7,9-10,13,17,29H,5-6,8H2,1-2H3,(H,26,30)(H,27,31). The molecule has 2 heterocycles. The Hall–Kier alpha value is -3.07. The highest BCUT2D eigenvalue weighted by Crippen LogP contribution is 2.43. The molecule has 1 aliphatic rings. The molecule has 0 radical (unpaired) electrons. The van der Waals surface area contributed by atoms with Crippen LogP contribution in [0.25, 0.3) is 16.8 Å². The third kappa shape index (κ3) is 4.10. The van der Waals surface area contributed by atoms with Gasteiger partial charge in [0, 0.05) is 12.4 Å². The molecule has 3 aromatic rings. The largest absolute Gasteiger partial charge is 0.416 e. The lowest BCUT2D eigenvalue weighted by Crippen LogP contribution is -2.40.